The predicted octanol–water partition coefficient (Wildman–Crippen LogP) is 4.49. The largest absolute Gasteiger partial charge is 0.493 e. The molecule has 1 atom stereocenters. The minimum atomic E-state index is 0.116. The Balaban J connectivity index is 2.96. The highest BCUT2D eigenvalue weighted by molar-refractivity contribution is 7.80. The normalized spacial score (nSPS) is 13.4. The monoisotopic (exact) mass is 266 g/mol. The Kier molecular flexibility index (Phi) is 5.58. The van der Waals surface area contributed by atoms with Crippen LogP contribution in [0.3, 0.4) is 0 Å². The van der Waals surface area contributed by atoms with Gasteiger partial charge in [0.25, 0.3) is 0 Å². The van der Waals surface area contributed by atoms with Crippen molar-refractivity contribution in [3.8, 4) is 5.75 Å². The summed E-state index contributed by atoms with van der Waals surface area (Å²) in [4.78, 5) is 0. The molecule has 1 unspecified atom stereocenters. The van der Waals surface area contributed by atoms with Crippen LogP contribution in [0.15, 0.2) is 18.2 Å². The molecule has 0 N–H and O–H groups in total. The fourth-order valence-corrected chi connectivity index (χ4v) is 1.90. The van der Waals surface area contributed by atoms with Crippen LogP contribution in [0.2, 0.25) is 0 Å². The highest BCUT2D eigenvalue weighted by Crippen LogP contribution is 2.32. The van der Waals surface area contributed by atoms with Gasteiger partial charge in [-0.05, 0) is 40.7 Å². The summed E-state index contributed by atoms with van der Waals surface area (Å²) < 4.78 is 5.97. The Hall–Kier alpha value is -0.630. The number of hydrogen-bond donors (Lipinski definition) is 1. The molecular formula is C16H26OS. The maximum atomic E-state index is 5.97. The third-order valence-corrected chi connectivity index (χ3v) is 3.72. The van der Waals surface area contributed by atoms with Crippen molar-refractivity contribution >= 4 is 12.6 Å². The molecule has 1 aromatic rings. The van der Waals surface area contributed by atoms with Crippen molar-refractivity contribution in [2.75, 3.05) is 12.4 Å². The molecule has 0 spiro atoms. The molecule has 0 radical (unpaired) electrons. The zero-order valence-electron chi connectivity index (χ0n) is 12.3. The number of hydrogen-bond acceptors (Lipinski definition) is 2. The van der Waals surface area contributed by atoms with E-state index in [0.29, 0.717) is 5.92 Å². The maximum absolute atomic E-state index is 5.97. The van der Waals surface area contributed by atoms with E-state index in [-0.39, 0.29) is 5.41 Å². The zero-order chi connectivity index (χ0) is 13.8. The van der Waals surface area contributed by atoms with Crippen molar-refractivity contribution in [3.63, 3.8) is 0 Å². The lowest BCUT2D eigenvalue weighted by molar-refractivity contribution is 0.267. The minimum Gasteiger partial charge on any atom is -0.493 e. The second-order valence-electron chi connectivity index (χ2n) is 6.03. The van der Waals surface area contributed by atoms with Crippen molar-refractivity contribution in [2.45, 2.75) is 46.5 Å². The first-order valence-electron chi connectivity index (χ1n) is 6.75. The molecule has 0 bridgehead atoms. The van der Waals surface area contributed by atoms with Crippen molar-refractivity contribution in [2.24, 2.45) is 5.92 Å². The molecule has 1 aromatic carbocycles. The van der Waals surface area contributed by atoms with Gasteiger partial charge in [0.1, 0.15) is 5.75 Å². The molecule has 18 heavy (non-hydrogen) atoms. The van der Waals surface area contributed by atoms with E-state index in [4.69, 9.17) is 4.74 Å². The molecule has 0 aromatic heterocycles. The smallest absolute Gasteiger partial charge is 0.123 e. The highest BCUT2D eigenvalue weighted by Gasteiger charge is 2.19. The van der Waals surface area contributed by atoms with Crippen LogP contribution in [0.25, 0.3) is 0 Å². The van der Waals surface area contributed by atoms with E-state index in [1.807, 2.05) is 0 Å². The summed E-state index contributed by atoms with van der Waals surface area (Å²) in [7, 11) is 0. The fraction of sp³-hybridized carbons (Fsp3) is 0.625. The second kappa shape index (κ2) is 6.51. The Morgan fingerprint density at radius 1 is 1.28 bits per heavy atom. The zero-order valence-corrected chi connectivity index (χ0v) is 13.2. The van der Waals surface area contributed by atoms with Gasteiger partial charge in [-0.1, -0.05) is 46.8 Å². The van der Waals surface area contributed by atoms with Gasteiger partial charge < -0.3 is 4.74 Å². The highest BCUT2D eigenvalue weighted by atomic mass is 32.1. The van der Waals surface area contributed by atoms with Crippen LogP contribution < -0.4 is 4.74 Å². The number of rotatable bonds is 5. The molecule has 0 saturated carbocycles. The van der Waals surface area contributed by atoms with E-state index in [0.717, 1.165) is 24.5 Å². The average Bonchev–Trinajstić information content (AvgIpc) is 2.34. The molecular weight excluding hydrogens is 240 g/mol. The summed E-state index contributed by atoms with van der Waals surface area (Å²) in [5.41, 5.74) is 2.78. The fourth-order valence-electron chi connectivity index (χ4n) is 1.79. The number of ether oxygens (including phenoxy) is 1. The Labute approximate surface area is 117 Å². The van der Waals surface area contributed by atoms with E-state index in [9.17, 15) is 0 Å². The van der Waals surface area contributed by atoms with Gasteiger partial charge in [0.15, 0.2) is 0 Å². The van der Waals surface area contributed by atoms with Crippen LogP contribution in [0.5, 0.6) is 5.75 Å². The molecule has 0 aliphatic heterocycles. The van der Waals surface area contributed by atoms with Crippen molar-refractivity contribution in [3.05, 3.63) is 29.3 Å². The molecule has 0 aliphatic carbocycles. The van der Waals surface area contributed by atoms with Crippen molar-refractivity contribution in [1.29, 1.82) is 0 Å². The topological polar surface area (TPSA) is 9.23 Å². The first-order chi connectivity index (χ1) is 8.38. The van der Waals surface area contributed by atoms with Gasteiger partial charge in [0.05, 0.1) is 6.61 Å². The first-order valence-corrected chi connectivity index (χ1v) is 7.38. The van der Waals surface area contributed by atoms with E-state index in [1.54, 1.807) is 0 Å². The Morgan fingerprint density at radius 2 is 1.94 bits per heavy atom. The average molecular weight is 266 g/mol. The van der Waals surface area contributed by atoms with Gasteiger partial charge in [-0.25, -0.2) is 0 Å². The third kappa shape index (κ3) is 4.24. The lowest BCUT2D eigenvalue weighted by atomic mass is 9.85. The van der Waals surface area contributed by atoms with E-state index >= 15 is 0 Å². The van der Waals surface area contributed by atoms with Crippen LogP contribution in [0.4, 0.5) is 0 Å². The molecule has 0 heterocycles. The minimum absolute atomic E-state index is 0.116. The molecule has 0 amide bonds. The summed E-state index contributed by atoms with van der Waals surface area (Å²) >= 11 is 4.30. The lowest BCUT2D eigenvalue weighted by Gasteiger charge is -2.24. The molecule has 2 heteroatoms. The lowest BCUT2D eigenvalue weighted by Crippen LogP contribution is -2.16. The number of aryl methyl sites for hydroxylation is 1. The number of thiol groups is 1. The van der Waals surface area contributed by atoms with Gasteiger partial charge in [-0.15, -0.1) is 0 Å². The van der Waals surface area contributed by atoms with Crippen LogP contribution in [-0.2, 0) is 11.8 Å². The van der Waals surface area contributed by atoms with Gasteiger partial charge in [0, 0.05) is 0 Å². The summed E-state index contributed by atoms with van der Waals surface area (Å²) in [6, 6.07) is 6.56. The summed E-state index contributed by atoms with van der Waals surface area (Å²) in [6.07, 6.45) is 1.07. The maximum Gasteiger partial charge on any atom is 0.123 e. The molecule has 1 nitrogen and oxygen atoms in total. The third-order valence-electron chi connectivity index (χ3n) is 3.10. The summed E-state index contributed by atoms with van der Waals surface area (Å²) in [5, 5.41) is 0. The first kappa shape index (κ1) is 15.4. The van der Waals surface area contributed by atoms with Crippen LogP contribution in [-0.4, -0.2) is 12.4 Å². The summed E-state index contributed by atoms with van der Waals surface area (Å²) in [6.45, 7) is 11.8. The van der Waals surface area contributed by atoms with Crippen LogP contribution in [0, 0.1) is 5.92 Å². The van der Waals surface area contributed by atoms with E-state index < -0.39 is 0 Å². The summed E-state index contributed by atoms with van der Waals surface area (Å²) in [5.74, 6) is 2.36. The van der Waals surface area contributed by atoms with Gasteiger partial charge in [0.2, 0.25) is 0 Å². The van der Waals surface area contributed by atoms with Crippen molar-refractivity contribution < 1.29 is 4.74 Å². The molecule has 102 valence electrons. The molecule has 0 fully saturated rings. The predicted molar refractivity (Wildman–Crippen MR) is 83.0 cm³/mol. The molecule has 0 saturated heterocycles. The molecule has 0 aliphatic rings. The van der Waals surface area contributed by atoms with Crippen LogP contribution in [0.1, 0.15) is 45.7 Å². The number of benzene rings is 1. The Bertz CT molecular complexity index is 379. The van der Waals surface area contributed by atoms with Crippen molar-refractivity contribution in [1.82, 2.24) is 0 Å². The standard InChI is InChI=1S/C16H26OS/c1-6-13-7-8-15(17-10-12(2)11-18)14(9-13)16(3,4)5/h7-9,12,18H,6,10-11H2,1-5H3. The van der Waals surface area contributed by atoms with Crippen LogP contribution >= 0.6 is 12.6 Å². The van der Waals surface area contributed by atoms with Gasteiger partial charge >= 0.3 is 0 Å². The van der Waals surface area contributed by atoms with E-state index in [1.165, 1.54) is 11.1 Å². The SMILES string of the molecule is CCc1ccc(OCC(C)CS)c(C(C)(C)C)c1. The van der Waals surface area contributed by atoms with Gasteiger partial charge in [-0.3, -0.25) is 0 Å². The molecule has 1 rings (SSSR count). The van der Waals surface area contributed by atoms with Gasteiger partial charge in [-0.2, -0.15) is 12.6 Å². The second-order valence-corrected chi connectivity index (χ2v) is 6.40. The Morgan fingerprint density at radius 3 is 2.44 bits per heavy atom. The van der Waals surface area contributed by atoms with E-state index in [2.05, 4.69) is 65.4 Å². The quantitative estimate of drug-likeness (QED) is 0.773.